The molecule has 0 spiro atoms. The fourth-order valence-electron chi connectivity index (χ4n) is 4.93. The minimum absolute atomic E-state index is 0.0972. The highest BCUT2D eigenvalue weighted by Crippen LogP contribution is 2.49. The number of fused-ring (bicyclic) bond motifs is 1. The van der Waals surface area contributed by atoms with Gasteiger partial charge in [0.15, 0.2) is 5.17 Å². The monoisotopic (exact) mass is 584 g/mol. The van der Waals surface area contributed by atoms with Crippen molar-refractivity contribution in [2.24, 2.45) is 4.99 Å². The first-order chi connectivity index (χ1) is 20.5. The molecule has 2 aliphatic heterocycles. The van der Waals surface area contributed by atoms with Crippen molar-refractivity contribution in [2.75, 3.05) is 27.4 Å². The molecule has 2 aliphatic rings. The van der Waals surface area contributed by atoms with Crippen molar-refractivity contribution in [1.29, 1.82) is 0 Å². The Morgan fingerprint density at radius 3 is 2.55 bits per heavy atom. The molecule has 1 atom stereocenters. The minimum atomic E-state index is -0.671. The number of pyridine rings is 1. The van der Waals surface area contributed by atoms with Crippen LogP contribution in [0.25, 0.3) is 5.70 Å². The molecule has 0 unspecified atom stereocenters. The number of hydrogen-bond acceptors (Lipinski definition) is 9. The molecule has 3 aromatic rings. The second kappa shape index (κ2) is 13.4. The summed E-state index contributed by atoms with van der Waals surface area (Å²) >= 11 is 1.41. The maximum absolute atomic E-state index is 13.7. The summed E-state index contributed by atoms with van der Waals surface area (Å²) in [5.74, 6) is 0.517. The Labute approximate surface area is 249 Å². The maximum Gasteiger partial charge on any atom is 0.338 e. The molecular formula is C32H32N4O5S. The minimum Gasteiger partial charge on any atom is -0.497 e. The molecule has 0 bridgehead atoms. The van der Waals surface area contributed by atoms with Crippen LogP contribution in [0, 0.1) is 0 Å². The molecule has 10 heteroatoms. The Kier molecular flexibility index (Phi) is 9.23. The number of benzene rings is 2. The van der Waals surface area contributed by atoms with Crippen LogP contribution in [0.2, 0.25) is 0 Å². The fourth-order valence-corrected chi connectivity index (χ4v) is 5.85. The number of nitrogens with zero attached hydrogens (tertiary/aromatic N) is 3. The lowest BCUT2D eigenvalue weighted by Gasteiger charge is -2.37. The van der Waals surface area contributed by atoms with E-state index in [1.807, 2.05) is 71.0 Å². The van der Waals surface area contributed by atoms with Gasteiger partial charge in [0.25, 0.3) is 0 Å². The molecule has 2 aromatic carbocycles. The van der Waals surface area contributed by atoms with Gasteiger partial charge in [0, 0.05) is 47.7 Å². The van der Waals surface area contributed by atoms with Gasteiger partial charge in [-0.2, -0.15) is 0 Å². The van der Waals surface area contributed by atoms with Crippen molar-refractivity contribution >= 4 is 34.5 Å². The number of rotatable bonds is 11. The molecule has 9 nitrogen and oxygen atoms in total. The Morgan fingerprint density at radius 1 is 1.02 bits per heavy atom. The number of ether oxygens (including phenoxy) is 3. The first-order valence-electron chi connectivity index (χ1n) is 13.6. The number of hydrogen-bond donors (Lipinski definition) is 1. The number of aliphatic imine (C=N–C) groups is 1. The van der Waals surface area contributed by atoms with Crippen LogP contribution in [-0.2, 0) is 20.7 Å². The van der Waals surface area contributed by atoms with E-state index in [9.17, 15) is 9.59 Å². The third-order valence-corrected chi connectivity index (χ3v) is 7.75. The molecule has 1 N–H and O–H groups in total. The predicted octanol–water partition coefficient (Wildman–Crippen LogP) is 5.12. The molecule has 0 fully saturated rings. The Morgan fingerprint density at radius 2 is 1.83 bits per heavy atom. The normalized spacial score (nSPS) is 15.9. The van der Waals surface area contributed by atoms with E-state index < -0.39 is 12.0 Å². The lowest BCUT2D eigenvalue weighted by molar-refractivity contribution is -0.139. The van der Waals surface area contributed by atoms with Crippen molar-refractivity contribution < 1.29 is 23.8 Å². The zero-order valence-corrected chi connectivity index (χ0v) is 24.5. The predicted molar refractivity (Wildman–Crippen MR) is 163 cm³/mol. The summed E-state index contributed by atoms with van der Waals surface area (Å²) in [5, 5.41) is 5.56. The van der Waals surface area contributed by atoms with E-state index >= 15 is 0 Å². The van der Waals surface area contributed by atoms with Crippen molar-refractivity contribution in [3.63, 3.8) is 0 Å². The molecule has 0 radical (unpaired) electrons. The Balaban J connectivity index is 1.53. The molecule has 0 aliphatic carbocycles. The van der Waals surface area contributed by atoms with E-state index in [-0.39, 0.29) is 18.9 Å². The summed E-state index contributed by atoms with van der Waals surface area (Å²) in [6.45, 7) is 2.43. The van der Waals surface area contributed by atoms with Crippen LogP contribution in [0.5, 0.6) is 11.5 Å². The molecule has 0 saturated carbocycles. The third kappa shape index (κ3) is 6.18. The van der Waals surface area contributed by atoms with Crippen LogP contribution in [0.15, 0.2) is 94.6 Å². The number of amides is 1. The molecule has 3 heterocycles. The van der Waals surface area contributed by atoms with Crippen LogP contribution < -0.4 is 14.8 Å². The topological polar surface area (TPSA) is 102 Å². The van der Waals surface area contributed by atoms with Crippen molar-refractivity contribution in [1.82, 2.24) is 15.2 Å². The average Bonchev–Trinajstić information content (AvgIpc) is 3.42. The van der Waals surface area contributed by atoms with Gasteiger partial charge in [-0.25, -0.2) is 9.79 Å². The van der Waals surface area contributed by atoms with Crippen LogP contribution in [-0.4, -0.2) is 54.3 Å². The van der Waals surface area contributed by atoms with E-state index in [4.69, 9.17) is 19.2 Å². The fraction of sp³-hybridized carbons (Fsp3) is 0.250. The highest BCUT2D eigenvalue weighted by Gasteiger charge is 2.43. The first-order valence-corrected chi connectivity index (χ1v) is 14.5. The van der Waals surface area contributed by atoms with Gasteiger partial charge in [-0.1, -0.05) is 48.2 Å². The SMILES string of the molecule is CCOC(=O)C1=C(c2ccccc2)N=C2SC=C(CC(=O)NCCc3ccccn3)N2[C@@H]1c1ccc(OC)cc1OC. The number of aromatic nitrogens is 1. The van der Waals surface area contributed by atoms with Crippen LogP contribution in [0.3, 0.4) is 0 Å². The molecule has 1 aromatic heterocycles. The molecule has 0 saturated heterocycles. The van der Waals surface area contributed by atoms with Crippen LogP contribution in [0.1, 0.15) is 36.2 Å². The number of nitrogens with one attached hydrogen (secondary N) is 1. The zero-order valence-electron chi connectivity index (χ0n) is 23.7. The zero-order chi connectivity index (χ0) is 29.5. The lowest BCUT2D eigenvalue weighted by Crippen LogP contribution is -2.38. The Bertz CT molecular complexity index is 1540. The summed E-state index contributed by atoms with van der Waals surface area (Å²) in [5.41, 5.74) is 4.00. The lowest BCUT2D eigenvalue weighted by atomic mass is 9.90. The maximum atomic E-state index is 13.7. The second-order valence-electron chi connectivity index (χ2n) is 9.45. The number of esters is 1. The third-order valence-electron chi connectivity index (χ3n) is 6.86. The van der Waals surface area contributed by atoms with Crippen LogP contribution >= 0.6 is 11.8 Å². The van der Waals surface area contributed by atoms with Crippen molar-refractivity contribution in [3.8, 4) is 11.5 Å². The van der Waals surface area contributed by atoms with Crippen molar-refractivity contribution in [2.45, 2.75) is 25.8 Å². The number of carbonyl (C=O) groups is 2. The standard InChI is InChI=1S/C32H32N4O5S/c1-4-41-31(38)28-29(21-10-6-5-7-11-21)35-32-36(30(28)25-14-13-24(39-2)19-26(25)40-3)23(20-42-32)18-27(37)34-17-15-22-12-8-9-16-33-22/h5-14,16,19-20,30H,4,15,17-18H2,1-3H3,(H,34,37)/t30-/m1/s1. The van der Waals surface area contributed by atoms with Crippen molar-refractivity contribution in [3.05, 3.63) is 106 Å². The summed E-state index contributed by atoms with van der Waals surface area (Å²) in [4.78, 5) is 38.1. The van der Waals surface area contributed by atoms with Gasteiger partial charge in [-0.3, -0.25) is 9.78 Å². The highest BCUT2D eigenvalue weighted by molar-refractivity contribution is 8.16. The largest absolute Gasteiger partial charge is 0.497 e. The number of amidine groups is 1. The van der Waals surface area contributed by atoms with Gasteiger partial charge in [0.05, 0.1) is 44.6 Å². The van der Waals surface area contributed by atoms with E-state index in [2.05, 4.69) is 10.3 Å². The molecule has 5 rings (SSSR count). The highest BCUT2D eigenvalue weighted by atomic mass is 32.2. The molecule has 1 amide bonds. The summed E-state index contributed by atoms with van der Waals surface area (Å²) < 4.78 is 16.8. The molecule has 216 valence electrons. The molecule has 42 heavy (non-hydrogen) atoms. The van der Waals surface area contributed by atoms with Gasteiger partial charge in [-0.15, -0.1) is 0 Å². The van der Waals surface area contributed by atoms with Gasteiger partial charge < -0.3 is 24.4 Å². The van der Waals surface area contributed by atoms with Gasteiger partial charge in [0.2, 0.25) is 5.91 Å². The van der Waals surface area contributed by atoms with Gasteiger partial charge in [-0.05, 0) is 36.6 Å². The Hall–Kier alpha value is -4.57. The van der Waals surface area contributed by atoms with Crippen LogP contribution in [0.4, 0.5) is 0 Å². The van der Waals surface area contributed by atoms with Gasteiger partial charge >= 0.3 is 5.97 Å². The summed E-state index contributed by atoms with van der Waals surface area (Å²) in [7, 11) is 3.16. The van der Waals surface area contributed by atoms with E-state index in [0.717, 1.165) is 11.3 Å². The van der Waals surface area contributed by atoms with Gasteiger partial charge in [0.1, 0.15) is 11.5 Å². The molecular weight excluding hydrogens is 552 g/mol. The summed E-state index contributed by atoms with van der Waals surface area (Å²) in [6.07, 6.45) is 2.46. The smallest absolute Gasteiger partial charge is 0.338 e. The van der Waals surface area contributed by atoms with E-state index in [1.54, 1.807) is 33.4 Å². The summed E-state index contributed by atoms with van der Waals surface area (Å²) in [6, 6.07) is 20.1. The van der Waals surface area contributed by atoms with E-state index in [0.29, 0.717) is 52.2 Å². The number of thioether (sulfide) groups is 1. The number of carbonyl (C=O) groups excluding carboxylic acids is 2. The second-order valence-corrected chi connectivity index (χ2v) is 10.3. The first kappa shape index (κ1) is 28.9. The van der Waals surface area contributed by atoms with E-state index in [1.165, 1.54) is 11.8 Å². The quantitative estimate of drug-likeness (QED) is 0.310. The number of methoxy groups -OCH3 is 2. The average molecular weight is 585 g/mol.